The summed E-state index contributed by atoms with van der Waals surface area (Å²) in [5, 5.41) is 6.81. The Hall–Kier alpha value is -2.00. The van der Waals surface area contributed by atoms with Crippen molar-refractivity contribution in [3.8, 4) is 0 Å². The summed E-state index contributed by atoms with van der Waals surface area (Å²) in [5.74, 6) is 0.448. The van der Waals surface area contributed by atoms with Crippen LogP contribution in [0.2, 0.25) is 5.02 Å². The van der Waals surface area contributed by atoms with Gasteiger partial charge < -0.3 is 10.6 Å². The minimum Gasteiger partial charge on any atom is -0.385 e. The first-order chi connectivity index (χ1) is 10.0. The van der Waals surface area contributed by atoms with Crippen molar-refractivity contribution in [1.82, 2.24) is 0 Å². The number of benzene rings is 2. The summed E-state index contributed by atoms with van der Waals surface area (Å²) in [6.45, 7) is 5.25. The van der Waals surface area contributed by atoms with Gasteiger partial charge in [0.15, 0.2) is 0 Å². The van der Waals surface area contributed by atoms with Crippen LogP contribution in [0, 0.1) is 5.92 Å². The first-order valence-corrected chi connectivity index (χ1v) is 7.33. The zero-order valence-corrected chi connectivity index (χ0v) is 12.9. The van der Waals surface area contributed by atoms with Gasteiger partial charge in [0.1, 0.15) is 0 Å². The minimum absolute atomic E-state index is 0.144. The lowest BCUT2D eigenvalue weighted by Gasteiger charge is -2.10. The number of hydrogen-bond acceptors (Lipinski definition) is 2. The van der Waals surface area contributed by atoms with Gasteiger partial charge >= 0.3 is 0 Å². The Morgan fingerprint density at radius 1 is 1.00 bits per heavy atom. The van der Waals surface area contributed by atoms with Crippen LogP contribution in [-0.4, -0.2) is 12.5 Å². The molecule has 0 aliphatic rings. The predicted octanol–water partition coefficient (Wildman–Crippen LogP) is 4.66. The van der Waals surface area contributed by atoms with Gasteiger partial charge in [-0.2, -0.15) is 0 Å². The van der Waals surface area contributed by atoms with Crippen LogP contribution in [0.3, 0.4) is 0 Å². The molecule has 0 aliphatic carbocycles. The molecule has 0 saturated heterocycles. The van der Waals surface area contributed by atoms with Crippen molar-refractivity contribution in [2.45, 2.75) is 13.8 Å². The van der Waals surface area contributed by atoms with Crippen molar-refractivity contribution < 1.29 is 4.79 Å². The van der Waals surface area contributed by atoms with E-state index >= 15 is 0 Å². The molecule has 2 aromatic carbocycles. The molecule has 0 spiro atoms. The number of carbonyl (C=O) groups excluding carboxylic acids is 1. The second kappa shape index (κ2) is 7.14. The summed E-state index contributed by atoms with van der Waals surface area (Å²) < 4.78 is 0. The van der Waals surface area contributed by atoms with Crippen molar-refractivity contribution in [3.05, 3.63) is 59.1 Å². The van der Waals surface area contributed by atoms with Gasteiger partial charge in [-0.1, -0.05) is 25.4 Å². The van der Waals surface area contributed by atoms with E-state index in [4.69, 9.17) is 11.6 Å². The van der Waals surface area contributed by atoms with Crippen molar-refractivity contribution in [3.63, 3.8) is 0 Å². The molecular formula is C17H19ClN2O. The average molecular weight is 303 g/mol. The molecular weight excluding hydrogens is 284 g/mol. The molecule has 0 heterocycles. The molecule has 3 nitrogen and oxygen atoms in total. The van der Waals surface area contributed by atoms with Gasteiger partial charge in [-0.15, -0.1) is 0 Å². The van der Waals surface area contributed by atoms with Crippen LogP contribution in [0.1, 0.15) is 24.2 Å². The number of amides is 1. The van der Waals surface area contributed by atoms with E-state index in [-0.39, 0.29) is 5.91 Å². The van der Waals surface area contributed by atoms with E-state index in [1.807, 2.05) is 24.3 Å². The third-order valence-electron chi connectivity index (χ3n) is 2.96. The molecule has 0 atom stereocenters. The fourth-order valence-corrected chi connectivity index (χ4v) is 1.92. The molecule has 2 rings (SSSR count). The van der Waals surface area contributed by atoms with Crippen LogP contribution in [0.15, 0.2) is 48.5 Å². The molecule has 1 amide bonds. The lowest BCUT2D eigenvalue weighted by Crippen LogP contribution is -2.12. The third kappa shape index (κ3) is 4.80. The first kappa shape index (κ1) is 15.4. The lowest BCUT2D eigenvalue weighted by molar-refractivity contribution is 0.102. The zero-order chi connectivity index (χ0) is 15.2. The van der Waals surface area contributed by atoms with Crippen molar-refractivity contribution in [2.75, 3.05) is 17.2 Å². The second-order valence-electron chi connectivity index (χ2n) is 5.31. The Morgan fingerprint density at radius 2 is 1.57 bits per heavy atom. The molecule has 110 valence electrons. The Labute approximate surface area is 130 Å². The SMILES string of the molecule is CC(C)CNc1ccc(NC(=O)c2ccc(Cl)cc2)cc1. The maximum atomic E-state index is 12.1. The fraction of sp³-hybridized carbons (Fsp3) is 0.235. The maximum absolute atomic E-state index is 12.1. The van der Waals surface area contributed by atoms with Gasteiger partial charge in [-0.3, -0.25) is 4.79 Å². The third-order valence-corrected chi connectivity index (χ3v) is 3.22. The van der Waals surface area contributed by atoms with Crippen molar-refractivity contribution in [2.24, 2.45) is 5.92 Å². The van der Waals surface area contributed by atoms with Gasteiger partial charge in [0.2, 0.25) is 0 Å². The Kier molecular flexibility index (Phi) is 5.23. The predicted molar refractivity (Wildman–Crippen MR) is 89.2 cm³/mol. The molecule has 0 fully saturated rings. The van der Waals surface area contributed by atoms with E-state index in [1.54, 1.807) is 24.3 Å². The molecule has 0 saturated carbocycles. The Bertz CT molecular complexity index is 591. The van der Waals surface area contributed by atoms with Crippen LogP contribution < -0.4 is 10.6 Å². The molecule has 0 radical (unpaired) electrons. The van der Waals surface area contributed by atoms with Gasteiger partial charge in [0.25, 0.3) is 5.91 Å². The number of rotatable bonds is 5. The van der Waals surface area contributed by atoms with Crippen molar-refractivity contribution >= 4 is 28.9 Å². The highest BCUT2D eigenvalue weighted by Crippen LogP contribution is 2.16. The normalized spacial score (nSPS) is 10.5. The number of hydrogen-bond donors (Lipinski definition) is 2. The Balaban J connectivity index is 1.96. The van der Waals surface area contributed by atoms with Crippen molar-refractivity contribution in [1.29, 1.82) is 0 Å². The van der Waals surface area contributed by atoms with E-state index in [1.165, 1.54) is 0 Å². The zero-order valence-electron chi connectivity index (χ0n) is 12.2. The maximum Gasteiger partial charge on any atom is 0.255 e. The van der Waals surface area contributed by atoms with Crippen LogP contribution >= 0.6 is 11.6 Å². The van der Waals surface area contributed by atoms with E-state index in [0.717, 1.165) is 17.9 Å². The topological polar surface area (TPSA) is 41.1 Å². The summed E-state index contributed by atoms with van der Waals surface area (Å²) in [6.07, 6.45) is 0. The highest BCUT2D eigenvalue weighted by molar-refractivity contribution is 6.30. The monoisotopic (exact) mass is 302 g/mol. The molecule has 2 N–H and O–H groups in total. The minimum atomic E-state index is -0.144. The van der Waals surface area contributed by atoms with Gasteiger partial charge in [-0.05, 0) is 54.4 Å². The number of nitrogens with one attached hydrogen (secondary N) is 2. The number of halogens is 1. The molecule has 0 unspecified atom stereocenters. The lowest BCUT2D eigenvalue weighted by atomic mass is 10.2. The van der Waals surface area contributed by atoms with E-state index < -0.39 is 0 Å². The van der Waals surface area contributed by atoms with Gasteiger partial charge in [0.05, 0.1) is 0 Å². The van der Waals surface area contributed by atoms with Crippen LogP contribution in [0.5, 0.6) is 0 Å². The van der Waals surface area contributed by atoms with Gasteiger partial charge in [0, 0.05) is 28.5 Å². The standard InChI is InChI=1S/C17H19ClN2O/c1-12(2)11-19-15-7-9-16(10-8-15)20-17(21)13-3-5-14(18)6-4-13/h3-10,12,19H,11H2,1-2H3,(H,20,21). The summed E-state index contributed by atoms with van der Waals surface area (Å²) in [5.41, 5.74) is 2.40. The highest BCUT2D eigenvalue weighted by atomic mass is 35.5. The molecule has 21 heavy (non-hydrogen) atoms. The molecule has 0 aromatic heterocycles. The summed E-state index contributed by atoms with van der Waals surface area (Å²) >= 11 is 5.81. The molecule has 4 heteroatoms. The fourth-order valence-electron chi connectivity index (χ4n) is 1.80. The van der Waals surface area contributed by atoms with E-state index in [2.05, 4.69) is 24.5 Å². The van der Waals surface area contributed by atoms with Gasteiger partial charge in [-0.25, -0.2) is 0 Å². The molecule has 2 aromatic rings. The van der Waals surface area contributed by atoms with Crippen LogP contribution in [0.25, 0.3) is 0 Å². The first-order valence-electron chi connectivity index (χ1n) is 6.95. The summed E-state index contributed by atoms with van der Waals surface area (Å²) in [4.78, 5) is 12.1. The molecule has 0 bridgehead atoms. The largest absolute Gasteiger partial charge is 0.385 e. The second-order valence-corrected chi connectivity index (χ2v) is 5.75. The molecule has 0 aliphatic heterocycles. The number of carbonyl (C=O) groups is 1. The number of anilines is 2. The summed E-state index contributed by atoms with van der Waals surface area (Å²) in [7, 11) is 0. The Morgan fingerprint density at radius 3 is 2.14 bits per heavy atom. The van der Waals surface area contributed by atoms with Crippen LogP contribution in [0.4, 0.5) is 11.4 Å². The van der Waals surface area contributed by atoms with E-state index in [0.29, 0.717) is 16.5 Å². The quantitative estimate of drug-likeness (QED) is 0.843. The average Bonchev–Trinajstić information content (AvgIpc) is 2.47. The highest BCUT2D eigenvalue weighted by Gasteiger charge is 2.05. The smallest absolute Gasteiger partial charge is 0.255 e. The summed E-state index contributed by atoms with van der Waals surface area (Å²) in [6, 6.07) is 14.5. The van der Waals surface area contributed by atoms with Crippen LogP contribution in [-0.2, 0) is 0 Å². The van der Waals surface area contributed by atoms with E-state index in [9.17, 15) is 4.79 Å².